The molecule has 6 nitrogen and oxygen atoms in total. The van der Waals surface area contributed by atoms with Crippen molar-refractivity contribution in [3.8, 4) is 0 Å². The molecule has 4 rings (SSSR count). The van der Waals surface area contributed by atoms with E-state index >= 15 is 0 Å². The normalized spacial score (nSPS) is 16.2. The van der Waals surface area contributed by atoms with Crippen molar-refractivity contribution in [2.24, 2.45) is 0 Å². The predicted octanol–water partition coefficient (Wildman–Crippen LogP) is 2.72. The number of piperazine rings is 1. The molecule has 3 heterocycles. The number of benzene rings is 1. The lowest BCUT2D eigenvalue weighted by atomic mass is 10.1. The van der Waals surface area contributed by atoms with Gasteiger partial charge < -0.3 is 9.80 Å². The Bertz CT molecular complexity index is 939. The number of aromatic nitrogens is 4. The molecule has 0 bridgehead atoms. The number of allylic oxidation sites excluding steroid dienone is 1. The van der Waals surface area contributed by atoms with Crippen LogP contribution in [0.4, 0.5) is 5.82 Å². The first kappa shape index (κ1) is 15.4. The van der Waals surface area contributed by atoms with Gasteiger partial charge in [0.05, 0.1) is 11.0 Å². The van der Waals surface area contributed by atoms with E-state index in [1.54, 1.807) is 6.33 Å². The van der Waals surface area contributed by atoms with Crippen LogP contribution in [0.1, 0.15) is 12.5 Å². The maximum Gasteiger partial charge on any atom is 0.199 e. The molecule has 1 saturated heterocycles. The number of hydrogen-bond donors (Lipinski definition) is 0. The SMILES string of the molecule is C=C(C)c1cc(Cl)cc2c1nc(N1CCN(C)CC1)c1ncnn12. The summed E-state index contributed by atoms with van der Waals surface area (Å²) in [6.07, 6.45) is 1.57. The highest BCUT2D eigenvalue weighted by atomic mass is 35.5. The first-order chi connectivity index (χ1) is 11.5. The van der Waals surface area contributed by atoms with Gasteiger partial charge in [0.15, 0.2) is 11.5 Å². The van der Waals surface area contributed by atoms with Gasteiger partial charge in [-0.3, -0.25) is 0 Å². The number of fused-ring (bicyclic) bond motifs is 3. The Balaban J connectivity index is 1.99. The molecule has 7 heteroatoms. The highest BCUT2D eigenvalue weighted by molar-refractivity contribution is 6.31. The molecule has 1 aliphatic heterocycles. The zero-order chi connectivity index (χ0) is 16.8. The van der Waals surface area contributed by atoms with Crippen LogP contribution in [0.3, 0.4) is 0 Å². The average Bonchev–Trinajstić information content (AvgIpc) is 3.04. The molecule has 2 aromatic heterocycles. The average molecular weight is 343 g/mol. The molecule has 24 heavy (non-hydrogen) atoms. The van der Waals surface area contributed by atoms with Gasteiger partial charge in [-0.05, 0) is 31.7 Å². The molecule has 1 aliphatic rings. The molecular formula is C17H19ClN6. The lowest BCUT2D eigenvalue weighted by Gasteiger charge is -2.33. The monoisotopic (exact) mass is 342 g/mol. The Morgan fingerprint density at radius 2 is 1.96 bits per heavy atom. The van der Waals surface area contributed by atoms with Gasteiger partial charge >= 0.3 is 0 Å². The van der Waals surface area contributed by atoms with E-state index in [0.717, 1.165) is 59.8 Å². The summed E-state index contributed by atoms with van der Waals surface area (Å²) < 4.78 is 1.83. The van der Waals surface area contributed by atoms with Gasteiger partial charge in [-0.25, -0.2) is 14.5 Å². The van der Waals surface area contributed by atoms with Crippen LogP contribution in [-0.4, -0.2) is 57.7 Å². The minimum Gasteiger partial charge on any atom is -0.351 e. The first-order valence-corrected chi connectivity index (χ1v) is 8.35. The second kappa shape index (κ2) is 5.72. The quantitative estimate of drug-likeness (QED) is 0.716. The van der Waals surface area contributed by atoms with Crippen molar-refractivity contribution in [3.63, 3.8) is 0 Å². The van der Waals surface area contributed by atoms with Crippen molar-refractivity contribution >= 4 is 39.7 Å². The van der Waals surface area contributed by atoms with E-state index < -0.39 is 0 Å². The van der Waals surface area contributed by atoms with Gasteiger partial charge in [0.25, 0.3) is 0 Å². The van der Waals surface area contributed by atoms with Crippen LogP contribution in [0, 0.1) is 0 Å². The number of nitrogens with zero attached hydrogens (tertiary/aromatic N) is 6. The highest BCUT2D eigenvalue weighted by Gasteiger charge is 2.21. The third kappa shape index (κ3) is 2.42. The Hall–Kier alpha value is -2.18. The van der Waals surface area contributed by atoms with Gasteiger partial charge in [-0.15, -0.1) is 0 Å². The second-order valence-corrected chi connectivity index (χ2v) is 6.76. The van der Waals surface area contributed by atoms with Crippen molar-refractivity contribution in [1.82, 2.24) is 24.5 Å². The van der Waals surface area contributed by atoms with Crippen molar-refractivity contribution in [2.75, 3.05) is 38.1 Å². The summed E-state index contributed by atoms with van der Waals surface area (Å²) >= 11 is 6.29. The molecule has 0 N–H and O–H groups in total. The lowest BCUT2D eigenvalue weighted by molar-refractivity contribution is 0.312. The van der Waals surface area contributed by atoms with E-state index in [4.69, 9.17) is 16.6 Å². The molecule has 3 aromatic rings. The minimum absolute atomic E-state index is 0.645. The predicted molar refractivity (Wildman–Crippen MR) is 97.7 cm³/mol. The molecule has 1 fully saturated rings. The maximum absolute atomic E-state index is 6.29. The van der Waals surface area contributed by atoms with E-state index in [9.17, 15) is 0 Å². The number of hydrogen-bond acceptors (Lipinski definition) is 5. The van der Waals surface area contributed by atoms with Gasteiger partial charge in [0.2, 0.25) is 0 Å². The van der Waals surface area contributed by atoms with E-state index in [0.29, 0.717) is 5.02 Å². The molecule has 0 spiro atoms. The van der Waals surface area contributed by atoms with E-state index in [2.05, 4.69) is 33.5 Å². The zero-order valence-corrected chi connectivity index (χ0v) is 14.6. The van der Waals surface area contributed by atoms with Crippen molar-refractivity contribution in [1.29, 1.82) is 0 Å². The fourth-order valence-electron chi connectivity index (χ4n) is 3.15. The van der Waals surface area contributed by atoms with E-state index in [-0.39, 0.29) is 0 Å². The Labute approximate surface area is 145 Å². The summed E-state index contributed by atoms with van der Waals surface area (Å²) in [6, 6.07) is 3.79. The molecular weight excluding hydrogens is 324 g/mol. The van der Waals surface area contributed by atoms with Crippen LogP contribution >= 0.6 is 11.6 Å². The third-order valence-corrected chi connectivity index (χ3v) is 4.73. The smallest absolute Gasteiger partial charge is 0.199 e. The number of likely N-dealkylation sites (N-methyl/N-ethyl adjacent to an activating group) is 1. The van der Waals surface area contributed by atoms with Crippen molar-refractivity contribution < 1.29 is 0 Å². The molecule has 0 radical (unpaired) electrons. The molecule has 0 atom stereocenters. The fraction of sp³-hybridized carbons (Fsp3) is 0.353. The van der Waals surface area contributed by atoms with Crippen LogP contribution in [0.2, 0.25) is 5.02 Å². The van der Waals surface area contributed by atoms with Crippen LogP contribution in [0.5, 0.6) is 0 Å². The minimum atomic E-state index is 0.645. The summed E-state index contributed by atoms with van der Waals surface area (Å²) in [4.78, 5) is 14.0. The lowest BCUT2D eigenvalue weighted by Crippen LogP contribution is -2.45. The molecule has 1 aromatic carbocycles. The molecule has 0 unspecified atom stereocenters. The first-order valence-electron chi connectivity index (χ1n) is 7.97. The number of halogens is 1. The van der Waals surface area contributed by atoms with E-state index in [1.165, 1.54) is 0 Å². The van der Waals surface area contributed by atoms with Gasteiger partial charge in [0, 0.05) is 36.8 Å². The van der Waals surface area contributed by atoms with Crippen molar-refractivity contribution in [2.45, 2.75) is 6.92 Å². The summed E-state index contributed by atoms with van der Waals surface area (Å²) in [5, 5.41) is 5.04. The molecule has 0 amide bonds. The molecule has 124 valence electrons. The summed E-state index contributed by atoms with van der Waals surface area (Å²) in [5.74, 6) is 0.873. The standard InChI is InChI=1S/C17H19ClN6/c1-11(2)13-8-12(18)9-14-15(13)21-17(16-19-10-20-24(14)16)23-6-4-22(3)5-7-23/h8-10H,1,4-7H2,2-3H3. The second-order valence-electron chi connectivity index (χ2n) is 6.32. The molecule has 0 aliphatic carbocycles. The summed E-state index contributed by atoms with van der Waals surface area (Å²) in [5.41, 5.74) is 4.36. The number of rotatable bonds is 2. The topological polar surface area (TPSA) is 49.6 Å². The third-order valence-electron chi connectivity index (χ3n) is 4.51. The van der Waals surface area contributed by atoms with Crippen LogP contribution in [0.15, 0.2) is 25.0 Å². The maximum atomic E-state index is 6.29. The largest absolute Gasteiger partial charge is 0.351 e. The van der Waals surface area contributed by atoms with Crippen LogP contribution in [0.25, 0.3) is 22.3 Å². The summed E-state index contributed by atoms with van der Waals surface area (Å²) in [7, 11) is 2.14. The highest BCUT2D eigenvalue weighted by Crippen LogP contribution is 2.30. The van der Waals surface area contributed by atoms with Gasteiger partial charge in [-0.1, -0.05) is 18.2 Å². The Kier molecular flexibility index (Phi) is 3.66. The van der Waals surface area contributed by atoms with Crippen LogP contribution in [-0.2, 0) is 0 Å². The zero-order valence-electron chi connectivity index (χ0n) is 13.8. The molecule has 0 saturated carbocycles. The summed E-state index contributed by atoms with van der Waals surface area (Å²) in [6.45, 7) is 9.90. The number of anilines is 1. The Morgan fingerprint density at radius 3 is 2.67 bits per heavy atom. The van der Waals surface area contributed by atoms with Crippen LogP contribution < -0.4 is 4.90 Å². The van der Waals surface area contributed by atoms with E-state index in [1.807, 2.05) is 23.6 Å². The van der Waals surface area contributed by atoms with Gasteiger partial charge in [0.1, 0.15) is 6.33 Å². The fourth-order valence-corrected chi connectivity index (χ4v) is 3.36. The van der Waals surface area contributed by atoms with Gasteiger partial charge in [-0.2, -0.15) is 5.10 Å². The van der Waals surface area contributed by atoms with Crippen molar-refractivity contribution in [3.05, 3.63) is 35.6 Å². The Morgan fingerprint density at radius 1 is 1.21 bits per heavy atom.